The average molecular weight is 473 g/mol. The summed E-state index contributed by atoms with van der Waals surface area (Å²) < 4.78 is 1.73. The second-order valence-corrected chi connectivity index (χ2v) is 8.94. The first-order valence-electron chi connectivity index (χ1n) is 12.2. The van der Waals surface area contributed by atoms with Crippen LogP contribution in [0.4, 0.5) is 0 Å². The lowest BCUT2D eigenvalue weighted by Gasteiger charge is -2.32. The minimum Gasteiger partial charge on any atom is -0.352 e. The van der Waals surface area contributed by atoms with Crippen molar-refractivity contribution < 1.29 is 9.59 Å². The van der Waals surface area contributed by atoms with E-state index < -0.39 is 17.2 Å². The van der Waals surface area contributed by atoms with Crippen molar-refractivity contribution in [3.8, 4) is 0 Å². The Hall–Kier alpha value is -3.71. The second-order valence-electron chi connectivity index (χ2n) is 8.94. The van der Waals surface area contributed by atoms with Crippen LogP contribution in [0.25, 0.3) is 0 Å². The number of nitrogens with one attached hydrogen (secondary N) is 2. The molecule has 4 rings (SSSR count). The van der Waals surface area contributed by atoms with Gasteiger partial charge >= 0.3 is 0 Å². The Morgan fingerprint density at radius 1 is 0.829 bits per heavy atom. The van der Waals surface area contributed by atoms with Crippen LogP contribution in [0.2, 0.25) is 0 Å². The van der Waals surface area contributed by atoms with Crippen molar-refractivity contribution in [2.75, 3.05) is 19.6 Å². The highest BCUT2D eigenvalue weighted by atomic mass is 16.2. The van der Waals surface area contributed by atoms with Crippen LogP contribution >= 0.6 is 0 Å². The molecule has 0 spiro atoms. The summed E-state index contributed by atoms with van der Waals surface area (Å²) in [5, 5.41) is 5.72. The van der Waals surface area contributed by atoms with Crippen molar-refractivity contribution >= 4 is 11.8 Å². The van der Waals surface area contributed by atoms with E-state index in [2.05, 4.69) is 27.7 Å². The van der Waals surface area contributed by atoms with E-state index in [1.807, 2.05) is 48.5 Å². The van der Waals surface area contributed by atoms with Crippen molar-refractivity contribution in [3.05, 3.63) is 106 Å². The first-order valence-corrected chi connectivity index (χ1v) is 12.2. The first kappa shape index (κ1) is 24.4. The van der Waals surface area contributed by atoms with E-state index in [0.717, 1.165) is 38.0 Å². The summed E-state index contributed by atoms with van der Waals surface area (Å²) in [6.07, 6.45) is 4.71. The predicted molar refractivity (Wildman–Crippen MR) is 136 cm³/mol. The summed E-state index contributed by atoms with van der Waals surface area (Å²) in [5.41, 5.74) is 1.72. The van der Waals surface area contributed by atoms with E-state index in [0.29, 0.717) is 13.1 Å². The van der Waals surface area contributed by atoms with E-state index in [1.165, 1.54) is 11.8 Å². The molecule has 1 aromatic heterocycles. The molecule has 3 aromatic rings. The quantitative estimate of drug-likeness (QED) is 0.528. The number of rotatable bonds is 8. The lowest BCUT2D eigenvalue weighted by atomic mass is 10.0. The predicted octanol–water partition coefficient (Wildman–Crippen LogP) is 3.04. The van der Waals surface area contributed by atoms with E-state index in [9.17, 15) is 14.4 Å². The Morgan fingerprint density at radius 2 is 1.37 bits per heavy atom. The number of benzene rings is 2. The summed E-state index contributed by atoms with van der Waals surface area (Å²) >= 11 is 0. The Bertz CT molecular complexity index is 1200. The molecular formula is C28H32N4O3. The molecule has 1 aliphatic rings. The molecule has 2 heterocycles. The van der Waals surface area contributed by atoms with Crippen LogP contribution in [0.15, 0.2) is 77.9 Å². The highest BCUT2D eigenvalue weighted by Crippen LogP contribution is 2.14. The monoisotopic (exact) mass is 472 g/mol. The minimum absolute atomic E-state index is 0.00333. The molecule has 2 amide bonds. The molecule has 0 aliphatic carbocycles. The van der Waals surface area contributed by atoms with Crippen LogP contribution in [0.1, 0.15) is 51.6 Å². The van der Waals surface area contributed by atoms with Gasteiger partial charge in [0.1, 0.15) is 11.1 Å². The van der Waals surface area contributed by atoms with Crippen molar-refractivity contribution in [3.63, 3.8) is 0 Å². The number of carbonyl (C=O) groups is 2. The van der Waals surface area contributed by atoms with Gasteiger partial charge in [-0.2, -0.15) is 0 Å². The Morgan fingerprint density at radius 3 is 1.94 bits per heavy atom. The molecule has 0 atom stereocenters. The highest BCUT2D eigenvalue weighted by molar-refractivity contribution is 5.99. The summed E-state index contributed by atoms with van der Waals surface area (Å²) in [4.78, 5) is 41.2. The summed E-state index contributed by atoms with van der Waals surface area (Å²) in [7, 11) is 0. The van der Waals surface area contributed by atoms with Crippen molar-refractivity contribution in [1.82, 2.24) is 20.1 Å². The van der Waals surface area contributed by atoms with Crippen LogP contribution < -0.4 is 16.1 Å². The molecule has 2 N–H and O–H groups in total. The van der Waals surface area contributed by atoms with Gasteiger partial charge < -0.3 is 15.2 Å². The summed E-state index contributed by atoms with van der Waals surface area (Å²) in [5.74, 6) is -0.896. The number of amides is 2. The smallest absolute Gasteiger partial charge is 0.256 e. The molecule has 1 aliphatic heterocycles. The van der Waals surface area contributed by atoms with Crippen molar-refractivity contribution in [1.29, 1.82) is 0 Å². The van der Waals surface area contributed by atoms with Crippen LogP contribution in [-0.4, -0.2) is 47.0 Å². The fraction of sp³-hybridized carbons (Fsp3) is 0.321. The van der Waals surface area contributed by atoms with E-state index in [1.54, 1.807) is 17.7 Å². The third-order valence-corrected chi connectivity index (χ3v) is 6.29. The molecular weight excluding hydrogens is 440 g/mol. The fourth-order valence-electron chi connectivity index (χ4n) is 4.44. The largest absolute Gasteiger partial charge is 0.352 e. The number of pyridine rings is 1. The normalized spacial score (nSPS) is 14.4. The molecule has 7 heteroatoms. The molecule has 182 valence electrons. The van der Waals surface area contributed by atoms with Gasteiger partial charge in [0, 0.05) is 51.2 Å². The van der Waals surface area contributed by atoms with Gasteiger partial charge in [-0.05, 0) is 30.9 Å². The third kappa shape index (κ3) is 6.45. The van der Waals surface area contributed by atoms with Crippen LogP contribution in [0, 0.1) is 0 Å². The molecule has 0 saturated carbocycles. The lowest BCUT2D eigenvalue weighted by molar-refractivity contribution is 0.0907. The molecule has 2 aromatic carbocycles. The van der Waals surface area contributed by atoms with Gasteiger partial charge in [0.05, 0.1) is 0 Å². The molecule has 0 bridgehead atoms. The number of likely N-dealkylation sites (tertiary alicyclic amines) is 1. The van der Waals surface area contributed by atoms with Crippen LogP contribution in [0.5, 0.6) is 0 Å². The first-order chi connectivity index (χ1) is 17.0. The van der Waals surface area contributed by atoms with E-state index >= 15 is 0 Å². The Kier molecular flexibility index (Phi) is 8.11. The molecule has 0 unspecified atom stereocenters. The maximum atomic E-state index is 13.2. The van der Waals surface area contributed by atoms with Gasteiger partial charge in [-0.25, -0.2) is 0 Å². The van der Waals surface area contributed by atoms with Gasteiger partial charge in [-0.15, -0.1) is 0 Å². The minimum atomic E-state index is -0.542. The van der Waals surface area contributed by atoms with Gasteiger partial charge in [0.15, 0.2) is 0 Å². The SMILES string of the molecule is CCNC(=O)c1cn(Cc2ccccc2)cc(C(=O)NC2CCN(Cc3ccccc3)CC2)c1=O. The molecule has 1 saturated heterocycles. The van der Waals surface area contributed by atoms with Gasteiger partial charge in [-0.1, -0.05) is 60.7 Å². The maximum Gasteiger partial charge on any atom is 0.256 e. The van der Waals surface area contributed by atoms with Crippen molar-refractivity contribution in [2.24, 2.45) is 0 Å². The fourth-order valence-corrected chi connectivity index (χ4v) is 4.44. The highest BCUT2D eigenvalue weighted by Gasteiger charge is 2.24. The summed E-state index contributed by atoms with van der Waals surface area (Å²) in [6, 6.07) is 20.1. The zero-order valence-corrected chi connectivity index (χ0v) is 20.1. The van der Waals surface area contributed by atoms with Gasteiger partial charge in [0.2, 0.25) is 5.43 Å². The number of carbonyl (C=O) groups excluding carboxylic acids is 2. The number of hydrogen-bond acceptors (Lipinski definition) is 4. The topological polar surface area (TPSA) is 83.4 Å². The standard InChI is InChI=1S/C28H32N4O3/c1-2-29-27(34)24-19-32(18-22-11-7-4-8-12-22)20-25(26(24)33)28(35)30-23-13-15-31(16-14-23)17-21-9-5-3-6-10-21/h3-12,19-20,23H,2,13-18H2,1H3,(H,29,34)(H,30,35). The lowest BCUT2D eigenvalue weighted by Crippen LogP contribution is -2.45. The van der Waals surface area contributed by atoms with Crippen LogP contribution in [-0.2, 0) is 13.1 Å². The third-order valence-electron chi connectivity index (χ3n) is 6.29. The van der Waals surface area contributed by atoms with E-state index in [4.69, 9.17) is 0 Å². The Balaban J connectivity index is 1.47. The number of piperidine rings is 1. The zero-order chi connectivity index (χ0) is 24.6. The molecule has 35 heavy (non-hydrogen) atoms. The molecule has 0 radical (unpaired) electrons. The second kappa shape index (κ2) is 11.6. The molecule has 7 nitrogen and oxygen atoms in total. The number of nitrogens with zero attached hydrogens (tertiary/aromatic N) is 2. The van der Waals surface area contributed by atoms with E-state index in [-0.39, 0.29) is 17.2 Å². The zero-order valence-electron chi connectivity index (χ0n) is 20.1. The van der Waals surface area contributed by atoms with Gasteiger partial charge in [0.25, 0.3) is 11.8 Å². The van der Waals surface area contributed by atoms with Gasteiger partial charge in [-0.3, -0.25) is 19.3 Å². The molecule has 1 fully saturated rings. The maximum absolute atomic E-state index is 13.2. The summed E-state index contributed by atoms with van der Waals surface area (Å²) in [6.45, 7) is 5.27. The number of hydrogen-bond donors (Lipinski definition) is 2. The van der Waals surface area contributed by atoms with Crippen molar-refractivity contribution in [2.45, 2.75) is 38.9 Å². The number of aromatic nitrogens is 1. The van der Waals surface area contributed by atoms with Crippen LogP contribution in [0.3, 0.4) is 0 Å². The average Bonchev–Trinajstić information content (AvgIpc) is 2.87. The Labute approximate surface area is 205 Å².